The van der Waals surface area contributed by atoms with Crippen LogP contribution >= 0.6 is 0 Å². The standard InChI is InChI=1S/C9H13N5O2S/c1-2-17(16)4-3-10-7-5-8-12-13-9(15)14(8)6-11-7/h5-6,10H,2-4H2,1H3,(H,13,15). The van der Waals surface area contributed by atoms with Gasteiger partial charge in [-0.15, -0.1) is 0 Å². The summed E-state index contributed by atoms with van der Waals surface area (Å²) in [6.45, 7) is 2.47. The van der Waals surface area contributed by atoms with Gasteiger partial charge in [-0.05, 0) is 0 Å². The smallest absolute Gasteiger partial charge is 0.348 e. The molecule has 8 heteroatoms. The van der Waals surface area contributed by atoms with Gasteiger partial charge in [-0.2, -0.15) is 5.10 Å². The van der Waals surface area contributed by atoms with Crippen molar-refractivity contribution in [1.82, 2.24) is 19.6 Å². The summed E-state index contributed by atoms with van der Waals surface area (Å²) in [7, 11) is -0.791. The minimum atomic E-state index is -0.791. The van der Waals surface area contributed by atoms with Crippen LogP contribution in [0.1, 0.15) is 6.92 Å². The van der Waals surface area contributed by atoms with Crippen molar-refractivity contribution in [1.29, 1.82) is 0 Å². The van der Waals surface area contributed by atoms with E-state index in [9.17, 15) is 9.00 Å². The van der Waals surface area contributed by atoms with Crippen molar-refractivity contribution in [2.45, 2.75) is 6.92 Å². The van der Waals surface area contributed by atoms with Crippen LogP contribution in [0, 0.1) is 0 Å². The van der Waals surface area contributed by atoms with Gasteiger partial charge in [0.1, 0.15) is 12.1 Å². The first-order chi connectivity index (χ1) is 8.20. The molecule has 0 radical (unpaired) electrons. The molecule has 92 valence electrons. The highest BCUT2D eigenvalue weighted by atomic mass is 32.2. The first-order valence-electron chi connectivity index (χ1n) is 5.22. The topological polar surface area (TPSA) is 92.1 Å². The Labute approximate surface area is 99.7 Å². The van der Waals surface area contributed by atoms with Gasteiger partial charge in [-0.1, -0.05) is 6.92 Å². The number of H-pyrrole nitrogens is 1. The molecule has 0 spiro atoms. The van der Waals surface area contributed by atoms with Gasteiger partial charge in [0.15, 0.2) is 5.65 Å². The van der Waals surface area contributed by atoms with Crippen LogP contribution in [-0.2, 0) is 10.8 Å². The van der Waals surface area contributed by atoms with Crippen molar-refractivity contribution >= 4 is 22.3 Å². The van der Waals surface area contributed by atoms with Crippen molar-refractivity contribution in [2.24, 2.45) is 0 Å². The Hall–Kier alpha value is -1.70. The highest BCUT2D eigenvalue weighted by molar-refractivity contribution is 7.84. The van der Waals surface area contributed by atoms with Crippen molar-refractivity contribution in [3.05, 3.63) is 22.9 Å². The van der Waals surface area contributed by atoms with Crippen LogP contribution in [0.3, 0.4) is 0 Å². The van der Waals surface area contributed by atoms with Gasteiger partial charge in [-0.25, -0.2) is 19.3 Å². The van der Waals surface area contributed by atoms with Crippen LogP contribution in [0.25, 0.3) is 5.65 Å². The number of aromatic nitrogens is 4. The van der Waals surface area contributed by atoms with E-state index in [2.05, 4.69) is 20.5 Å². The Morgan fingerprint density at radius 2 is 2.41 bits per heavy atom. The molecule has 2 N–H and O–H groups in total. The summed E-state index contributed by atoms with van der Waals surface area (Å²) >= 11 is 0. The van der Waals surface area contributed by atoms with Crippen molar-refractivity contribution in [3.8, 4) is 0 Å². The van der Waals surface area contributed by atoms with Crippen molar-refractivity contribution < 1.29 is 4.21 Å². The lowest BCUT2D eigenvalue weighted by molar-refractivity contribution is 0.684. The SMILES string of the molecule is CCS(=O)CCNc1cc2n[nH]c(=O)n2cn1. The van der Waals surface area contributed by atoms with E-state index in [1.165, 1.54) is 10.7 Å². The molecule has 17 heavy (non-hydrogen) atoms. The summed E-state index contributed by atoms with van der Waals surface area (Å²) in [6, 6.07) is 1.66. The Kier molecular flexibility index (Phi) is 3.52. The third kappa shape index (κ3) is 2.70. The quantitative estimate of drug-likeness (QED) is 0.758. The zero-order valence-corrected chi connectivity index (χ0v) is 10.2. The molecule has 0 aliphatic carbocycles. The highest BCUT2D eigenvalue weighted by Gasteiger charge is 2.02. The Bertz CT molecular complexity index is 590. The monoisotopic (exact) mass is 255 g/mol. The van der Waals surface area contributed by atoms with E-state index in [0.29, 0.717) is 29.5 Å². The predicted octanol–water partition coefficient (Wildman–Crippen LogP) is -0.402. The molecule has 0 amide bonds. The summed E-state index contributed by atoms with van der Waals surface area (Å²) in [6.07, 6.45) is 1.40. The molecular weight excluding hydrogens is 242 g/mol. The third-order valence-electron chi connectivity index (χ3n) is 2.27. The third-order valence-corrected chi connectivity index (χ3v) is 3.57. The summed E-state index contributed by atoms with van der Waals surface area (Å²) < 4.78 is 12.5. The lowest BCUT2D eigenvalue weighted by Crippen LogP contribution is -2.14. The number of nitrogens with zero attached hydrogens (tertiary/aromatic N) is 3. The molecule has 0 aliphatic heterocycles. The molecule has 2 heterocycles. The van der Waals surface area contributed by atoms with E-state index in [0.717, 1.165) is 0 Å². The van der Waals surface area contributed by atoms with Crippen LogP contribution in [0.4, 0.5) is 5.82 Å². The van der Waals surface area contributed by atoms with Gasteiger partial charge in [0.25, 0.3) is 0 Å². The molecule has 7 nitrogen and oxygen atoms in total. The highest BCUT2D eigenvalue weighted by Crippen LogP contribution is 2.03. The molecule has 0 saturated heterocycles. The summed E-state index contributed by atoms with van der Waals surface area (Å²) in [5, 5.41) is 9.19. The second-order valence-electron chi connectivity index (χ2n) is 3.39. The van der Waals surface area contributed by atoms with Crippen LogP contribution in [-0.4, -0.2) is 41.8 Å². The largest absolute Gasteiger partial charge is 0.369 e. The van der Waals surface area contributed by atoms with Gasteiger partial charge >= 0.3 is 5.69 Å². The Balaban J connectivity index is 2.04. The molecule has 2 aromatic rings. The second-order valence-corrected chi connectivity index (χ2v) is 5.26. The molecule has 0 aliphatic rings. The minimum absolute atomic E-state index is 0.314. The first kappa shape index (κ1) is 11.8. The maximum atomic E-state index is 11.2. The number of fused-ring (bicyclic) bond motifs is 1. The fourth-order valence-electron chi connectivity index (χ4n) is 1.34. The number of hydrogen-bond acceptors (Lipinski definition) is 5. The lowest BCUT2D eigenvalue weighted by atomic mass is 10.5. The average molecular weight is 255 g/mol. The molecule has 2 rings (SSSR count). The molecule has 2 aromatic heterocycles. The van der Waals surface area contributed by atoms with Crippen LogP contribution in [0.5, 0.6) is 0 Å². The Morgan fingerprint density at radius 3 is 3.18 bits per heavy atom. The zero-order valence-electron chi connectivity index (χ0n) is 9.34. The van der Waals surface area contributed by atoms with Crippen LogP contribution in [0.15, 0.2) is 17.2 Å². The molecular formula is C9H13N5O2S. The molecule has 1 atom stereocenters. The number of hydrogen-bond donors (Lipinski definition) is 2. The van der Waals surface area contributed by atoms with E-state index >= 15 is 0 Å². The first-order valence-corrected chi connectivity index (χ1v) is 6.71. The molecule has 0 bridgehead atoms. The minimum Gasteiger partial charge on any atom is -0.369 e. The van der Waals surface area contributed by atoms with Crippen LogP contribution < -0.4 is 11.0 Å². The van der Waals surface area contributed by atoms with E-state index in [1.54, 1.807) is 6.07 Å². The lowest BCUT2D eigenvalue weighted by Gasteiger charge is -2.04. The molecule has 0 aromatic carbocycles. The van der Waals surface area contributed by atoms with Crippen molar-refractivity contribution in [3.63, 3.8) is 0 Å². The molecule has 0 fully saturated rings. The van der Waals surface area contributed by atoms with Gasteiger partial charge < -0.3 is 5.32 Å². The fraction of sp³-hybridized carbons (Fsp3) is 0.444. The van der Waals surface area contributed by atoms with Gasteiger partial charge in [0.05, 0.1) is 0 Å². The van der Waals surface area contributed by atoms with E-state index in [1.807, 2.05) is 6.92 Å². The number of aromatic amines is 1. The summed E-state index contributed by atoms with van der Waals surface area (Å²) in [4.78, 5) is 15.2. The van der Waals surface area contributed by atoms with Gasteiger partial charge in [0.2, 0.25) is 0 Å². The number of nitrogens with one attached hydrogen (secondary N) is 2. The maximum Gasteiger partial charge on any atom is 0.348 e. The van der Waals surface area contributed by atoms with E-state index < -0.39 is 10.8 Å². The fourth-order valence-corrected chi connectivity index (χ4v) is 1.96. The maximum absolute atomic E-state index is 11.2. The Morgan fingerprint density at radius 1 is 1.59 bits per heavy atom. The van der Waals surface area contributed by atoms with Crippen molar-refractivity contribution in [2.75, 3.05) is 23.4 Å². The molecule has 0 saturated carbocycles. The predicted molar refractivity (Wildman–Crippen MR) is 65.6 cm³/mol. The summed E-state index contributed by atoms with van der Waals surface area (Å²) in [5.41, 5.74) is 0.190. The zero-order chi connectivity index (χ0) is 12.3. The van der Waals surface area contributed by atoms with Crippen LogP contribution in [0.2, 0.25) is 0 Å². The van der Waals surface area contributed by atoms with E-state index in [4.69, 9.17) is 0 Å². The van der Waals surface area contributed by atoms with Gasteiger partial charge in [-0.3, -0.25) is 4.21 Å². The second kappa shape index (κ2) is 5.09. The number of rotatable bonds is 5. The molecule has 1 unspecified atom stereocenters. The van der Waals surface area contributed by atoms with Gasteiger partial charge in [0, 0.05) is 34.9 Å². The number of anilines is 1. The van der Waals surface area contributed by atoms with E-state index in [-0.39, 0.29) is 5.69 Å². The average Bonchev–Trinajstić information content (AvgIpc) is 2.70. The normalized spacial score (nSPS) is 12.8. The summed E-state index contributed by atoms with van der Waals surface area (Å²) in [5.74, 6) is 1.85.